The Morgan fingerprint density at radius 2 is 2.06 bits per heavy atom. The molecular formula is C14H18ClFN2. The molecule has 0 aliphatic rings. The molecule has 0 fully saturated rings. The van der Waals surface area contributed by atoms with Crippen LogP contribution in [0.15, 0.2) is 18.2 Å². The lowest BCUT2D eigenvalue weighted by Gasteiger charge is -2.21. The monoisotopic (exact) mass is 268 g/mol. The molecule has 4 heteroatoms. The molecule has 1 heterocycles. The minimum Gasteiger partial charge on any atom is -0.325 e. The van der Waals surface area contributed by atoms with Crippen molar-refractivity contribution in [3.8, 4) is 0 Å². The Bertz CT molecular complexity index is 548. The number of imidazole rings is 1. The molecule has 0 spiro atoms. The van der Waals surface area contributed by atoms with Gasteiger partial charge in [-0.05, 0) is 31.0 Å². The highest BCUT2D eigenvalue weighted by Gasteiger charge is 2.18. The molecule has 18 heavy (non-hydrogen) atoms. The van der Waals surface area contributed by atoms with Crippen molar-refractivity contribution >= 4 is 22.6 Å². The van der Waals surface area contributed by atoms with Crippen LogP contribution in [0.2, 0.25) is 0 Å². The number of alkyl halides is 1. The topological polar surface area (TPSA) is 17.8 Å². The highest BCUT2D eigenvalue weighted by atomic mass is 35.5. The Kier molecular flexibility index (Phi) is 3.91. The molecule has 0 bridgehead atoms. The highest BCUT2D eigenvalue weighted by Crippen LogP contribution is 2.26. The molecule has 0 saturated heterocycles. The Morgan fingerprint density at radius 3 is 2.67 bits per heavy atom. The van der Waals surface area contributed by atoms with Crippen molar-refractivity contribution in [3.05, 3.63) is 29.8 Å². The van der Waals surface area contributed by atoms with Crippen LogP contribution in [-0.2, 0) is 6.42 Å². The third-order valence-electron chi connectivity index (χ3n) is 3.41. The Labute approximate surface area is 112 Å². The van der Waals surface area contributed by atoms with Crippen molar-refractivity contribution < 1.29 is 4.39 Å². The van der Waals surface area contributed by atoms with Crippen molar-refractivity contribution in [2.75, 3.05) is 5.88 Å². The predicted molar refractivity (Wildman–Crippen MR) is 73.7 cm³/mol. The van der Waals surface area contributed by atoms with E-state index in [1.54, 1.807) is 12.1 Å². The standard InChI is InChI=1S/C14H18ClFN2/c1-9(2)10(3)18-13-8-11(16)4-5-12(13)17-14(18)6-7-15/h4-5,8-10H,6-7H2,1-3H3. The zero-order valence-corrected chi connectivity index (χ0v) is 11.7. The largest absolute Gasteiger partial charge is 0.325 e. The van der Waals surface area contributed by atoms with E-state index in [1.807, 2.05) is 0 Å². The number of nitrogens with zero attached hydrogens (tertiary/aromatic N) is 2. The molecule has 2 nitrogen and oxygen atoms in total. The average molecular weight is 269 g/mol. The van der Waals surface area contributed by atoms with Crippen LogP contribution in [0, 0.1) is 11.7 Å². The summed E-state index contributed by atoms with van der Waals surface area (Å²) in [5, 5.41) is 0. The summed E-state index contributed by atoms with van der Waals surface area (Å²) in [6, 6.07) is 5.00. The van der Waals surface area contributed by atoms with Crippen LogP contribution < -0.4 is 0 Å². The van der Waals surface area contributed by atoms with Crippen LogP contribution in [0.5, 0.6) is 0 Å². The fourth-order valence-corrected chi connectivity index (χ4v) is 2.30. The first kappa shape index (κ1) is 13.3. The average Bonchev–Trinajstić information content (AvgIpc) is 2.66. The molecular weight excluding hydrogens is 251 g/mol. The lowest BCUT2D eigenvalue weighted by molar-refractivity contribution is 0.406. The highest BCUT2D eigenvalue weighted by molar-refractivity contribution is 6.17. The number of fused-ring (bicyclic) bond motifs is 1. The van der Waals surface area contributed by atoms with E-state index in [9.17, 15) is 4.39 Å². The van der Waals surface area contributed by atoms with E-state index in [-0.39, 0.29) is 11.9 Å². The minimum atomic E-state index is -0.225. The predicted octanol–water partition coefficient (Wildman–Crippen LogP) is 4.17. The minimum absolute atomic E-state index is 0.225. The van der Waals surface area contributed by atoms with Gasteiger partial charge in [-0.1, -0.05) is 13.8 Å². The first-order valence-corrected chi connectivity index (χ1v) is 6.80. The molecule has 1 unspecified atom stereocenters. The lowest BCUT2D eigenvalue weighted by Crippen LogP contribution is -2.15. The second-order valence-electron chi connectivity index (χ2n) is 4.95. The number of aromatic nitrogens is 2. The van der Waals surface area contributed by atoms with Gasteiger partial charge in [0.2, 0.25) is 0 Å². The molecule has 1 atom stereocenters. The molecule has 0 amide bonds. The maximum absolute atomic E-state index is 13.4. The molecule has 0 aliphatic heterocycles. The molecule has 0 radical (unpaired) electrons. The number of halogens is 2. The number of aryl methyl sites for hydroxylation is 1. The summed E-state index contributed by atoms with van der Waals surface area (Å²) < 4.78 is 15.5. The zero-order chi connectivity index (χ0) is 13.3. The fourth-order valence-electron chi connectivity index (χ4n) is 2.13. The van der Waals surface area contributed by atoms with E-state index in [1.165, 1.54) is 6.07 Å². The van der Waals surface area contributed by atoms with Gasteiger partial charge in [0, 0.05) is 18.3 Å². The molecule has 98 valence electrons. The lowest BCUT2D eigenvalue weighted by atomic mass is 10.1. The van der Waals surface area contributed by atoms with Crippen LogP contribution >= 0.6 is 11.6 Å². The summed E-state index contributed by atoms with van der Waals surface area (Å²) in [6.07, 6.45) is 0.703. The third-order valence-corrected chi connectivity index (χ3v) is 3.60. The summed E-state index contributed by atoms with van der Waals surface area (Å²) >= 11 is 5.82. The van der Waals surface area contributed by atoms with E-state index in [4.69, 9.17) is 11.6 Å². The maximum Gasteiger partial charge on any atom is 0.125 e. The van der Waals surface area contributed by atoms with Crippen LogP contribution in [0.1, 0.15) is 32.6 Å². The van der Waals surface area contributed by atoms with Gasteiger partial charge >= 0.3 is 0 Å². The first-order chi connectivity index (χ1) is 8.54. The summed E-state index contributed by atoms with van der Waals surface area (Å²) in [6.45, 7) is 6.44. The van der Waals surface area contributed by atoms with Crippen molar-refractivity contribution in [2.24, 2.45) is 5.92 Å². The molecule has 0 N–H and O–H groups in total. The van der Waals surface area contributed by atoms with Gasteiger partial charge in [0.15, 0.2) is 0 Å². The van der Waals surface area contributed by atoms with Gasteiger partial charge in [-0.3, -0.25) is 0 Å². The number of rotatable bonds is 4. The van der Waals surface area contributed by atoms with E-state index in [0.717, 1.165) is 16.9 Å². The van der Waals surface area contributed by atoms with Gasteiger partial charge < -0.3 is 4.57 Å². The van der Waals surface area contributed by atoms with E-state index < -0.39 is 0 Å². The Morgan fingerprint density at radius 1 is 1.33 bits per heavy atom. The Hall–Kier alpha value is -1.09. The third kappa shape index (κ3) is 2.37. The Balaban J connectivity index is 2.64. The summed E-state index contributed by atoms with van der Waals surface area (Å²) in [5.74, 6) is 1.69. The zero-order valence-electron chi connectivity index (χ0n) is 11.0. The van der Waals surface area contributed by atoms with Gasteiger partial charge in [-0.15, -0.1) is 11.6 Å². The normalized spacial score (nSPS) is 13.4. The number of benzene rings is 1. The summed E-state index contributed by atoms with van der Waals surface area (Å²) in [7, 11) is 0. The van der Waals surface area contributed by atoms with Crippen LogP contribution in [0.25, 0.3) is 11.0 Å². The second kappa shape index (κ2) is 5.27. The van der Waals surface area contributed by atoms with Crippen LogP contribution in [0.4, 0.5) is 4.39 Å². The first-order valence-electron chi connectivity index (χ1n) is 6.27. The van der Waals surface area contributed by atoms with Gasteiger partial charge in [-0.2, -0.15) is 0 Å². The van der Waals surface area contributed by atoms with E-state index in [0.29, 0.717) is 18.2 Å². The summed E-state index contributed by atoms with van der Waals surface area (Å²) in [5.41, 5.74) is 1.69. The van der Waals surface area contributed by atoms with Crippen molar-refractivity contribution in [2.45, 2.75) is 33.2 Å². The quantitative estimate of drug-likeness (QED) is 0.761. The molecule has 1 aromatic carbocycles. The smallest absolute Gasteiger partial charge is 0.125 e. The number of hydrogen-bond donors (Lipinski definition) is 0. The van der Waals surface area contributed by atoms with Crippen LogP contribution in [-0.4, -0.2) is 15.4 Å². The van der Waals surface area contributed by atoms with E-state index >= 15 is 0 Å². The molecule has 0 aliphatic carbocycles. The van der Waals surface area contributed by atoms with Gasteiger partial charge in [0.05, 0.1) is 11.0 Å². The van der Waals surface area contributed by atoms with Gasteiger partial charge in [0.25, 0.3) is 0 Å². The van der Waals surface area contributed by atoms with Crippen molar-refractivity contribution in [1.29, 1.82) is 0 Å². The summed E-state index contributed by atoms with van der Waals surface area (Å²) in [4.78, 5) is 4.56. The van der Waals surface area contributed by atoms with Gasteiger partial charge in [-0.25, -0.2) is 9.37 Å². The fraction of sp³-hybridized carbons (Fsp3) is 0.500. The molecule has 0 saturated carbocycles. The number of hydrogen-bond acceptors (Lipinski definition) is 1. The van der Waals surface area contributed by atoms with Crippen molar-refractivity contribution in [1.82, 2.24) is 9.55 Å². The molecule has 2 rings (SSSR count). The SMILES string of the molecule is CC(C)C(C)n1c(CCCl)nc2ccc(F)cc21. The molecule has 2 aromatic rings. The van der Waals surface area contributed by atoms with Gasteiger partial charge in [0.1, 0.15) is 11.6 Å². The van der Waals surface area contributed by atoms with Crippen molar-refractivity contribution in [3.63, 3.8) is 0 Å². The van der Waals surface area contributed by atoms with Crippen LogP contribution in [0.3, 0.4) is 0 Å². The maximum atomic E-state index is 13.4. The van der Waals surface area contributed by atoms with E-state index in [2.05, 4.69) is 30.3 Å². The second-order valence-corrected chi connectivity index (χ2v) is 5.33. The molecule has 1 aromatic heterocycles.